The standard InChI is InChI=1S/C16H21N3O2/c1-12(2)17-8-15-10-19(11-18-15)9-13-4-6-14(7-5-13)16(20)21-3/h4-7,10-12,17H,8-9H2,1-3H3. The number of esters is 1. The molecule has 21 heavy (non-hydrogen) atoms. The summed E-state index contributed by atoms with van der Waals surface area (Å²) in [5, 5.41) is 3.34. The molecule has 0 spiro atoms. The average Bonchev–Trinajstić information content (AvgIpc) is 2.92. The lowest BCUT2D eigenvalue weighted by Crippen LogP contribution is -2.21. The van der Waals surface area contributed by atoms with E-state index < -0.39 is 0 Å². The van der Waals surface area contributed by atoms with E-state index in [-0.39, 0.29) is 5.97 Å². The van der Waals surface area contributed by atoms with Gasteiger partial charge in [0, 0.05) is 25.3 Å². The van der Waals surface area contributed by atoms with Crippen LogP contribution in [0.1, 0.15) is 35.5 Å². The lowest BCUT2D eigenvalue weighted by Gasteiger charge is -2.05. The fraction of sp³-hybridized carbons (Fsp3) is 0.375. The summed E-state index contributed by atoms with van der Waals surface area (Å²) in [4.78, 5) is 15.7. The van der Waals surface area contributed by atoms with Crippen LogP contribution in [0.15, 0.2) is 36.8 Å². The molecule has 0 bridgehead atoms. The normalized spacial score (nSPS) is 10.9. The fourth-order valence-corrected chi connectivity index (χ4v) is 1.97. The highest BCUT2D eigenvalue weighted by Gasteiger charge is 2.05. The smallest absolute Gasteiger partial charge is 0.337 e. The van der Waals surface area contributed by atoms with Crippen molar-refractivity contribution in [1.29, 1.82) is 0 Å². The average molecular weight is 287 g/mol. The van der Waals surface area contributed by atoms with Crippen LogP contribution in [0.5, 0.6) is 0 Å². The first-order valence-electron chi connectivity index (χ1n) is 7.00. The molecule has 2 rings (SSSR count). The number of carbonyl (C=O) groups excluding carboxylic acids is 1. The van der Waals surface area contributed by atoms with Gasteiger partial charge < -0.3 is 14.6 Å². The molecule has 0 radical (unpaired) electrons. The van der Waals surface area contributed by atoms with Gasteiger partial charge in [-0.25, -0.2) is 9.78 Å². The number of aromatic nitrogens is 2. The zero-order valence-corrected chi connectivity index (χ0v) is 12.7. The number of imidazole rings is 1. The van der Waals surface area contributed by atoms with Crippen LogP contribution in [-0.2, 0) is 17.8 Å². The Kier molecular flexibility index (Phi) is 5.11. The molecule has 0 aliphatic carbocycles. The summed E-state index contributed by atoms with van der Waals surface area (Å²) < 4.78 is 6.72. The summed E-state index contributed by atoms with van der Waals surface area (Å²) in [6.45, 7) is 5.72. The van der Waals surface area contributed by atoms with Crippen molar-refractivity contribution in [3.8, 4) is 0 Å². The summed E-state index contributed by atoms with van der Waals surface area (Å²) in [5.41, 5.74) is 2.70. The predicted molar refractivity (Wildman–Crippen MR) is 81.1 cm³/mol. The van der Waals surface area contributed by atoms with Crippen LogP contribution >= 0.6 is 0 Å². The highest BCUT2D eigenvalue weighted by molar-refractivity contribution is 5.89. The lowest BCUT2D eigenvalue weighted by atomic mass is 10.1. The van der Waals surface area contributed by atoms with Gasteiger partial charge in [0.1, 0.15) is 0 Å². The number of hydrogen-bond donors (Lipinski definition) is 1. The molecule has 2 aromatic rings. The Morgan fingerprint density at radius 2 is 2.05 bits per heavy atom. The first kappa shape index (κ1) is 15.3. The Morgan fingerprint density at radius 3 is 2.67 bits per heavy atom. The Balaban J connectivity index is 1.97. The second kappa shape index (κ2) is 7.04. The van der Waals surface area contributed by atoms with Crippen molar-refractivity contribution in [2.75, 3.05) is 7.11 Å². The first-order chi connectivity index (χ1) is 10.1. The van der Waals surface area contributed by atoms with Gasteiger partial charge >= 0.3 is 5.97 Å². The molecule has 5 nitrogen and oxygen atoms in total. The quantitative estimate of drug-likeness (QED) is 0.828. The monoisotopic (exact) mass is 287 g/mol. The van der Waals surface area contributed by atoms with Gasteiger partial charge in [0.2, 0.25) is 0 Å². The van der Waals surface area contributed by atoms with Crippen LogP contribution in [0.4, 0.5) is 0 Å². The highest BCUT2D eigenvalue weighted by atomic mass is 16.5. The molecule has 1 heterocycles. The highest BCUT2D eigenvalue weighted by Crippen LogP contribution is 2.08. The van der Waals surface area contributed by atoms with Crippen LogP contribution in [0, 0.1) is 0 Å². The second-order valence-electron chi connectivity index (χ2n) is 5.26. The molecule has 0 fully saturated rings. The van der Waals surface area contributed by atoms with Gasteiger partial charge in [-0.3, -0.25) is 0 Å². The Morgan fingerprint density at radius 1 is 1.33 bits per heavy atom. The van der Waals surface area contributed by atoms with E-state index in [9.17, 15) is 4.79 Å². The number of nitrogens with zero attached hydrogens (tertiary/aromatic N) is 2. The van der Waals surface area contributed by atoms with Gasteiger partial charge in [-0.2, -0.15) is 0 Å². The molecule has 0 amide bonds. The number of hydrogen-bond acceptors (Lipinski definition) is 4. The molecule has 112 valence electrons. The number of nitrogens with one attached hydrogen (secondary N) is 1. The van der Waals surface area contributed by atoms with Crippen LogP contribution in [0.2, 0.25) is 0 Å². The van der Waals surface area contributed by atoms with E-state index in [1.807, 2.05) is 29.2 Å². The van der Waals surface area contributed by atoms with Crippen LogP contribution in [0.25, 0.3) is 0 Å². The van der Waals surface area contributed by atoms with E-state index >= 15 is 0 Å². The number of rotatable bonds is 6. The fourth-order valence-electron chi connectivity index (χ4n) is 1.97. The predicted octanol–water partition coefficient (Wildman–Crippen LogP) is 2.22. The number of benzene rings is 1. The summed E-state index contributed by atoms with van der Waals surface area (Å²) >= 11 is 0. The summed E-state index contributed by atoms with van der Waals surface area (Å²) in [5.74, 6) is -0.314. The third-order valence-corrected chi connectivity index (χ3v) is 3.12. The molecule has 1 aromatic heterocycles. The summed E-state index contributed by atoms with van der Waals surface area (Å²) in [6, 6.07) is 7.86. The van der Waals surface area contributed by atoms with Crippen LogP contribution in [0.3, 0.4) is 0 Å². The molecule has 0 saturated carbocycles. The molecule has 0 unspecified atom stereocenters. The van der Waals surface area contributed by atoms with E-state index in [1.54, 1.807) is 12.1 Å². The third kappa shape index (κ3) is 4.43. The van der Waals surface area contributed by atoms with Gasteiger partial charge in [0.05, 0.1) is 24.7 Å². The zero-order valence-electron chi connectivity index (χ0n) is 12.7. The largest absolute Gasteiger partial charge is 0.465 e. The van der Waals surface area contributed by atoms with Gasteiger partial charge in [-0.05, 0) is 17.7 Å². The maximum absolute atomic E-state index is 11.4. The minimum Gasteiger partial charge on any atom is -0.465 e. The van der Waals surface area contributed by atoms with Crippen molar-refractivity contribution in [2.45, 2.75) is 33.0 Å². The van der Waals surface area contributed by atoms with Crippen molar-refractivity contribution in [3.05, 3.63) is 53.6 Å². The number of ether oxygens (including phenoxy) is 1. The minimum absolute atomic E-state index is 0.314. The molecular weight excluding hydrogens is 266 g/mol. The maximum Gasteiger partial charge on any atom is 0.337 e. The van der Waals surface area contributed by atoms with Crippen molar-refractivity contribution in [2.24, 2.45) is 0 Å². The summed E-state index contributed by atoms with van der Waals surface area (Å²) in [6.07, 6.45) is 3.86. The first-order valence-corrected chi connectivity index (χ1v) is 7.00. The molecule has 0 aliphatic heterocycles. The summed E-state index contributed by atoms with van der Waals surface area (Å²) in [7, 11) is 1.38. The van der Waals surface area contributed by atoms with Crippen molar-refractivity contribution >= 4 is 5.97 Å². The van der Waals surface area contributed by atoms with Crippen LogP contribution in [-0.4, -0.2) is 28.7 Å². The second-order valence-corrected chi connectivity index (χ2v) is 5.26. The Labute approximate surface area is 125 Å². The molecular formula is C16H21N3O2. The molecule has 0 aliphatic rings. The molecule has 0 saturated heterocycles. The van der Waals surface area contributed by atoms with Crippen molar-refractivity contribution in [1.82, 2.24) is 14.9 Å². The van der Waals surface area contributed by atoms with E-state index in [0.717, 1.165) is 24.3 Å². The van der Waals surface area contributed by atoms with E-state index in [1.165, 1.54) is 7.11 Å². The number of methoxy groups -OCH3 is 1. The van der Waals surface area contributed by atoms with Gasteiger partial charge in [0.15, 0.2) is 0 Å². The van der Waals surface area contributed by atoms with Crippen molar-refractivity contribution in [3.63, 3.8) is 0 Å². The zero-order chi connectivity index (χ0) is 15.2. The third-order valence-electron chi connectivity index (χ3n) is 3.12. The van der Waals surface area contributed by atoms with Gasteiger partial charge in [-0.1, -0.05) is 26.0 Å². The number of carbonyl (C=O) groups is 1. The lowest BCUT2D eigenvalue weighted by molar-refractivity contribution is 0.0600. The molecule has 0 atom stereocenters. The topological polar surface area (TPSA) is 56.2 Å². The Bertz CT molecular complexity index is 588. The molecule has 1 aromatic carbocycles. The van der Waals surface area contributed by atoms with Gasteiger partial charge in [0.25, 0.3) is 0 Å². The van der Waals surface area contributed by atoms with E-state index in [0.29, 0.717) is 11.6 Å². The van der Waals surface area contributed by atoms with E-state index in [2.05, 4.69) is 28.9 Å². The van der Waals surface area contributed by atoms with Gasteiger partial charge in [-0.15, -0.1) is 0 Å². The van der Waals surface area contributed by atoms with Crippen molar-refractivity contribution < 1.29 is 9.53 Å². The minimum atomic E-state index is -0.314. The molecule has 5 heteroatoms. The Hall–Kier alpha value is -2.14. The maximum atomic E-state index is 11.4. The molecule has 1 N–H and O–H groups in total. The van der Waals surface area contributed by atoms with E-state index in [4.69, 9.17) is 0 Å². The SMILES string of the molecule is COC(=O)c1ccc(Cn2cnc(CNC(C)C)c2)cc1. The van der Waals surface area contributed by atoms with Crippen LogP contribution < -0.4 is 5.32 Å².